The Hall–Kier alpha value is -1.26. The van der Waals surface area contributed by atoms with Crippen LogP contribution in [-0.2, 0) is 4.79 Å². The predicted octanol–water partition coefficient (Wildman–Crippen LogP) is 1.60. The SMILES string of the molecule is CC(=O)NCCN1CCN(c2ccc(Cl)cc2)CC1. The third-order valence-electron chi connectivity index (χ3n) is 3.37. The van der Waals surface area contributed by atoms with Crippen LogP contribution in [0.25, 0.3) is 0 Å². The van der Waals surface area contributed by atoms with E-state index in [0.717, 1.165) is 44.3 Å². The van der Waals surface area contributed by atoms with Crippen LogP contribution in [0.4, 0.5) is 5.69 Å². The van der Waals surface area contributed by atoms with Gasteiger partial charge in [0.05, 0.1) is 0 Å². The molecule has 0 bridgehead atoms. The molecule has 19 heavy (non-hydrogen) atoms. The standard InChI is InChI=1S/C14H20ClN3O/c1-12(19)16-6-7-17-8-10-18(11-9-17)14-4-2-13(15)3-5-14/h2-5H,6-11H2,1H3,(H,16,19). The summed E-state index contributed by atoms with van der Waals surface area (Å²) in [6, 6.07) is 7.99. The summed E-state index contributed by atoms with van der Waals surface area (Å²) in [6.45, 7) is 7.30. The van der Waals surface area contributed by atoms with Gasteiger partial charge in [0.2, 0.25) is 5.91 Å². The highest BCUT2D eigenvalue weighted by Gasteiger charge is 2.16. The van der Waals surface area contributed by atoms with Gasteiger partial charge in [-0.15, -0.1) is 0 Å². The van der Waals surface area contributed by atoms with Crippen LogP contribution in [0.5, 0.6) is 0 Å². The first-order valence-electron chi connectivity index (χ1n) is 6.62. The second-order valence-electron chi connectivity index (χ2n) is 4.79. The van der Waals surface area contributed by atoms with Gasteiger partial charge in [-0.2, -0.15) is 0 Å². The molecule has 1 aliphatic heterocycles. The molecule has 0 aliphatic carbocycles. The number of hydrogen-bond donors (Lipinski definition) is 1. The van der Waals surface area contributed by atoms with Crippen LogP contribution in [-0.4, -0.2) is 50.1 Å². The van der Waals surface area contributed by atoms with E-state index in [1.165, 1.54) is 5.69 Å². The van der Waals surface area contributed by atoms with Crippen molar-refractivity contribution in [3.05, 3.63) is 29.3 Å². The number of rotatable bonds is 4. The van der Waals surface area contributed by atoms with E-state index in [4.69, 9.17) is 11.6 Å². The molecule has 1 aromatic carbocycles. The molecule has 1 heterocycles. The average molecular weight is 282 g/mol. The number of amides is 1. The molecule has 0 aromatic heterocycles. The molecular formula is C14H20ClN3O. The molecule has 1 fully saturated rings. The Bertz CT molecular complexity index is 413. The summed E-state index contributed by atoms with van der Waals surface area (Å²) in [7, 11) is 0. The zero-order chi connectivity index (χ0) is 13.7. The molecule has 1 N–H and O–H groups in total. The van der Waals surface area contributed by atoms with Crippen LogP contribution < -0.4 is 10.2 Å². The van der Waals surface area contributed by atoms with Gasteiger partial charge in [-0.3, -0.25) is 9.69 Å². The quantitative estimate of drug-likeness (QED) is 0.911. The average Bonchev–Trinajstić information content (AvgIpc) is 2.40. The molecule has 4 nitrogen and oxygen atoms in total. The first-order chi connectivity index (χ1) is 9.15. The largest absolute Gasteiger partial charge is 0.369 e. The lowest BCUT2D eigenvalue weighted by atomic mass is 10.2. The van der Waals surface area contributed by atoms with E-state index in [1.807, 2.05) is 12.1 Å². The van der Waals surface area contributed by atoms with Crippen molar-refractivity contribution in [2.45, 2.75) is 6.92 Å². The van der Waals surface area contributed by atoms with Gasteiger partial charge < -0.3 is 10.2 Å². The van der Waals surface area contributed by atoms with E-state index >= 15 is 0 Å². The first-order valence-corrected chi connectivity index (χ1v) is 7.00. The van der Waals surface area contributed by atoms with E-state index in [0.29, 0.717) is 0 Å². The molecule has 104 valence electrons. The number of piperazine rings is 1. The van der Waals surface area contributed by atoms with Crippen molar-refractivity contribution >= 4 is 23.2 Å². The van der Waals surface area contributed by atoms with Crippen molar-refractivity contribution < 1.29 is 4.79 Å². The zero-order valence-corrected chi connectivity index (χ0v) is 12.0. The van der Waals surface area contributed by atoms with Crippen molar-refractivity contribution in [3.63, 3.8) is 0 Å². The molecule has 1 saturated heterocycles. The molecule has 0 spiro atoms. The second kappa shape index (κ2) is 6.78. The number of hydrogen-bond acceptors (Lipinski definition) is 3. The summed E-state index contributed by atoms with van der Waals surface area (Å²) >= 11 is 5.90. The highest BCUT2D eigenvalue weighted by atomic mass is 35.5. The summed E-state index contributed by atoms with van der Waals surface area (Å²) in [6.07, 6.45) is 0. The molecule has 1 aliphatic rings. The van der Waals surface area contributed by atoms with Gasteiger partial charge >= 0.3 is 0 Å². The maximum atomic E-state index is 10.8. The fourth-order valence-corrected chi connectivity index (χ4v) is 2.40. The van der Waals surface area contributed by atoms with Crippen LogP contribution in [0, 0.1) is 0 Å². The number of carbonyl (C=O) groups excluding carboxylic acids is 1. The minimum absolute atomic E-state index is 0.0415. The molecule has 5 heteroatoms. The van der Waals surface area contributed by atoms with Gasteiger partial charge in [0.25, 0.3) is 0 Å². The molecule has 2 rings (SSSR count). The number of carbonyl (C=O) groups is 1. The van der Waals surface area contributed by atoms with Crippen LogP contribution in [0.3, 0.4) is 0 Å². The Morgan fingerprint density at radius 2 is 1.84 bits per heavy atom. The number of nitrogens with zero attached hydrogens (tertiary/aromatic N) is 2. The van der Waals surface area contributed by atoms with Crippen LogP contribution in [0.1, 0.15) is 6.92 Å². The van der Waals surface area contributed by atoms with Gasteiger partial charge in [0, 0.05) is 56.9 Å². The molecular weight excluding hydrogens is 262 g/mol. The van der Waals surface area contributed by atoms with Gasteiger partial charge in [0.15, 0.2) is 0 Å². The maximum Gasteiger partial charge on any atom is 0.216 e. The Kier molecular flexibility index (Phi) is 5.05. The fraction of sp³-hybridized carbons (Fsp3) is 0.500. The summed E-state index contributed by atoms with van der Waals surface area (Å²) in [5, 5.41) is 3.61. The van der Waals surface area contributed by atoms with Crippen LogP contribution in [0.2, 0.25) is 5.02 Å². The molecule has 0 saturated carbocycles. The number of nitrogens with one attached hydrogen (secondary N) is 1. The maximum absolute atomic E-state index is 10.8. The molecule has 1 amide bonds. The van der Waals surface area contributed by atoms with Crippen molar-refractivity contribution in [3.8, 4) is 0 Å². The topological polar surface area (TPSA) is 35.6 Å². The molecule has 1 aromatic rings. The molecule has 0 unspecified atom stereocenters. The van der Waals surface area contributed by atoms with E-state index in [-0.39, 0.29) is 5.91 Å². The number of halogens is 1. The van der Waals surface area contributed by atoms with E-state index in [1.54, 1.807) is 6.92 Å². The minimum Gasteiger partial charge on any atom is -0.369 e. The normalized spacial score (nSPS) is 16.4. The third kappa shape index (κ3) is 4.40. The highest BCUT2D eigenvalue weighted by molar-refractivity contribution is 6.30. The minimum atomic E-state index is 0.0415. The van der Waals surface area contributed by atoms with Crippen LogP contribution in [0.15, 0.2) is 24.3 Å². The Labute approximate surface area is 119 Å². The highest BCUT2D eigenvalue weighted by Crippen LogP contribution is 2.19. The summed E-state index contributed by atoms with van der Waals surface area (Å²) < 4.78 is 0. The molecule has 0 atom stereocenters. The smallest absolute Gasteiger partial charge is 0.216 e. The summed E-state index contributed by atoms with van der Waals surface area (Å²) in [5.41, 5.74) is 1.23. The van der Waals surface area contributed by atoms with Gasteiger partial charge in [-0.05, 0) is 24.3 Å². The van der Waals surface area contributed by atoms with Crippen molar-refractivity contribution in [2.75, 3.05) is 44.2 Å². The Morgan fingerprint density at radius 3 is 2.42 bits per heavy atom. The van der Waals surface area contributed by atoms with Crippen LogP contribution >= 0.6 is 11.6 Å². The van der Waals surface area contributed by atoms with E-state index in [2.05, 4.69) is 27.2 Å². The third-order valence-corrected chi connectivity index (χ3v) is 3.62. The lowest BCUT2D eigenvalue weighted by Gasteiger charge is -2.36. The Morgan fingerprint density at radius 1 is 1.21 bits per heavy atom. The first kappa shape index (κ1) is 14.2. The van der Waals surface area contributed by atoms with Gasteiger partial charge in [-0.25, -0.2) is 0 Å². The zero-order valence-electron chi connectivity index (χ0n) is 11.2. The van der Waals surface area contributed by atoms with E-state index in [9.17, 15) is 4.79 Å². The van der Waals surface area contributed by atoms with Crippen molar-refractivity contribution in [1.82, 2.24) is 10.2 Å². The predicted molar refractivity (Wildman–Crippen MR) is 78.8 cm³/mol. The van der Waals surface area contributed by atoms with E-state index < -0.39 is 0 Å². The summed E-state index contributed by atoms with van der Waals surface area (Å²) in [4.78, 5) is 15.5. The summed E-state index contributed by atoms with van der Waals surface area (Å²) in [5.74, 6) is 0.0415. The second-order valence-corrected chi connectivity index (χ2v) is 5.22. The molecule has 0 radical (unpaired) electrons. The lowest BCUT2D eigenvalue weighted by molar-refractivity contribution is -0.119. The fourth-order valence-electron chi connectivity index (χ4n) is 2.27. The monoisotopic (exact) mass is 281 g/mol. The number of benzene rings is 1. The lowest BCUT2D eigenvalue weighted by Crippen LogP contribution is -2.48. The Balaban J connectivity index is 1.76. The van der Waals surface area contributed by atoms with Gasteiger partial charge in [0.1, 0.15) is 0 Å². The van der Waals surface area contributed by atoms with Crippen molar-refractivity contribution in [1.29, 1.82) is 0 Å². The van der Waals surface area contributed by atoms with Gasteiger partial charge in [-0.1, -0.05) is 11.6 Å². The number of anilines is 1. The van der Waals surface area contributed by atoms with Crippen molar-refractivity contribution in [2.24, 2.45) is 0 Å².